The highest BCUT2D eigenvalue weighted by Gasteiger charge is 2.23. The molecule has 0 saturated heterocycles. The van der Waals surface area contributed by atoms with Crippen molar-refractivity contribution >= 4 is 38.6 Å². The fraction of sp³-hybridized carbons (Fsp3) is 0.312. The van der Waals surface area contributed by atoms with Crippen molar-refractivity contribution in [3.63, 3.8) is 0 Å². The van der Waals surface area contributed by atoms with Crippen LogP contribution in [0.2, 0.25) is 0 Å². The van der Waals surface area contributed by atoms with E-state index in [9.17, 15) is 13.2 Å². The Labute approximate surface area is 164 Å². The van der Waals surface area contributed by atoms with Gasteiger partial charge in [0.05, 0.1) is 22.9 Å². The summed E-state index contributed by atoms with van der Waals surface area (Å²) in [7, 11) is -3.83. The number of hydrogen-bond acceptors (Lipinski definition) is 8. The van der Waals surface area contributed by atoms with Crippen LogP contribution in [0, 0.1) is 6.92 Å². The first-order valence-electron chi connectivity index (χ1n) is 8.11. The minimum atomic E-state index is -3.83. The third-order valence-corrected chi connectivity index (χ3v) is 7.19. The largest absolute Gasteiger partial charge is 0.350 e. The second-order valence-electron chi connectivity index (χ2n) is 5.58. The lowest BCUT2D eigenvalue weighted by molar-refractivity contribution is -0.120. The fourth-order valence-corrected chi connectivity index (χ4v) is 5.38. The van der Waals surface area contributed by atoms with Crippen molar-refractivity contribution < 1.29 is 17.7 Å². The molecule has 2 N–H and O–H groups in total. The maximum atomic E-state index is 12.5. The monoisotopic (exact) mass is 426 g/mol. The average molecular weight is 427 g/mol. The number of aromatic nitrogens is 2. The van der Waals surface area contributed by atoms with Crippen molar-refractivity contribution in [2.24, 2.45) is 0 Å². The number of rotatable bonds is 8. The molecule has 144 valence electrons. The molecule has 11 heteroatoms. The molecule has 27 heavy (non-hydrogen) atoms. The van der Waals surface area contributed by atoms with Crippen molar-refractivity contribution in [2.75, 3.05) is 6.54 Å². The number of amides is 1. The molecule has 0 bridgehead atoms. The molecular weight excluding hydrogens is 408 g/mol. The molecule has 3 aromatic rings. The van der Waals surface area contributed by atoms with E-state index in [0.29, 0.717) is 34.4 Å². The molecular formula is C16H18N4O4S3. The molecule has 0 aliphatic rings. The normalized spacial score (nSPS) is 11.6. The summed E-state index contributed by atoms with van der Waals surface area (Å²) >= 11 is 2.78. The molecule has 0 aliphatic carbocycles. The predicted molar refractivity (Wildman–Crippen MR) is 103 cm³/mol. The highest BCUT2D eigenvalue weighted by atomic mass is 32.2. The third kappa shape index (κ3) is 4.80. The van der Waals surface area contributed by atoms with Crippen LogP contribution < -0.4 is 10.0 Å². The molecule has 0 spiro atoms. The van der Waals surface area contributed by atoms with Crippen LogP contribution in [-0.2, 0) is 27.8 Å². The Balaban J connectivity index is 1.65. The predicted octanol–water partition coefficient (Wildman–Crippen LogP) is 2.33. The number of nitrogens with one attached hydrogen (secondary N) is 2. The van der Waals surface area contributed by atoms with Crippen LogP contribution >= 0.6 is 22.7 Å². The zero-order valence-corrected chi connectivity index (χ0v) is 17.1. The molecule has 3 heterocycles. The van der Waals surface area contributed by atoms with Crippen LogP contribution in [0.5, 0.6) is 0 Å². The Morgan fingerprint density at radius 2 is 2.19 bits per heavy atom. The first kappa shape index (κ1) is 19.7. The molecule has 0 atom stereocenters. The summed E-state index contributed by atoms with van der Waals surface area (Å²) in [5.74, 6) is 0.446. The molecule has 0 fully saturated rings. The first-order valence-corrected chi connectivity index (χ1v) is 11.3. The highest BCUT2D eigenvalue weighted by Crippen LogP contribution is 2.31. The lowest BCUT2D eigenvalue weighted by atomic mass is 10.4. The van der Waals surface area contributed by atoms with Gasteiger partial charge in [0.25, 0.3) is 0 Å². The summed E-state index contributed by atoms with van der Waals surface area (Å²) in [5.41, 5.74) is 0. The van der Waals surface area contributed by atoms with E-state index in [1.807, 2.05) is 24.4 Å². The third-order valence-electron chi connectivity index (χ3n) is 3.62. The number of nitrogens with zero attached hydrogens (tertiary/aromatic N) is 2. The topological polar surface area (TPSA) is 114 Å². The van der Waals surface area contributed by atoms with Gasteiger partial charge in [-0.2, -0.15) is 4.98 Å². The van der Waals surface area contributed by atoms with Gasteiger partial charge in [-0.25, -0.2) is 13.1 Å². The number of sulfonamides is 1. The summed E-state index contributed by atoms with van der Waals surface area (Å²) in [6.45, 7) is 3.62. The molecule has 8 nitrogen and oxygen atoms in total. The van der Waals surface area contributed by atoms with E-state index in [4.69, 9.17) is 4.52 Å². The van der Waals surface area contributed by atoms with Crippen LogP contribution in [0.15, 0.2) is 33.0 Å². The number of hydrogen-bond donors (Lipinski definition) is 2. The van der Waals surface area contributed by atoms with Gasteiger partial charge in [0.2, 0.25) is 27.6 Å². The van der Waals surface area contributed by atoms with E-state index in [-0.39, 0.29) is 11.4 Å². The zero-order valence-electron chi connectivity index (χ0n) is 14.7. The van der Waals surface area contributed by atoms with Gasteiger partial charge >= 0.3 is 0 Å². The van der Waals surface area contributed by atoms with Crippen molar-refractivity contribution in [2.45, 2.75) is 31.7 Å². The maximum Gasteiger partial charge on any atom is 0.242 e. The summed E-state index contributed by atoms with van der Waals surface area (Å²) in [5, 5.41) is 8.45. The van der Waals surface area contributed by atoms with Gasteiger partial charge in [0.15, 0.2) is 0 Å². The Kier molecular flexibility index (Phi) is 6.05. The molecule has 0 unspecified atom stereocenters. The summed E-state index contributed by atoms with van der Waals surface area (Å²) in [4.78, 5) is 18.4. The van der Waals surface area contributed by atoms with E-state index < -0.39 is 15.9 Å². The van der Waals surface area contributed by atoms with Crippen LogP contribution in [-0.4, -0.2) is 31.0 Å². The second-order valence-corrected chi connectivity index (χ2v) is 9.60. The van der Waals surface area contributed by atoms with Gasteiger partial charge in [-0.3, -0.25) is 4.79 Å². The van der Waals surface area contributed by atoms with Gasteiger partial charge in [0, 0.05) is 16.2 Å². The van der Waals surface area contributed by atoms with Crippen molar-refractivity contribution in [3.8, 4) is 10.7 Å². The highest BCUT2D eigenvalue weighted by molar-refractivity contribution is 7.89. The Hall–Kier alpha value is -2.08. The van der Waals surface area contributed by atoms with Gasteiger partial charge in [-0.05, 0) is 24.4 Å². The lowest BCUT2D eigenvalue weighted by Crippen LogP contribution is -2.36. The first-order chi connectivity index (χ1) is 12.9. The quantitative estimate of drug-likeness (QED) is 0.571. The van der Waals surface area contributed by atoms with Crippen molar-refractivity contribution in [1.82, 2.24) is 20.2 Å². The molecule has 3 aromatic heterocycles. The van der Waals surface area contributed by atoms with Crippen molar-refractivity contribution in [3.05, 3.63) is 39.2 Å². The second kappa shape index (κ2) is 8.30. The van der Waals surface area contributed by atoms with Crippen LogP contribution in [0.4, 0.5) is 0 Å². The van der Waals surface area contributed by atoms with E-state index in [1.54, 1.807) is 6.92 Å². The average Bonchev–Trinajstić information content (AvgIpc) is 3.38. The lowest BCUT2D eigenvalue weighted by Gasteiger charge is -2.07. The Bertz CT molecular complexity index is 1020. The molecule has 3 rings (SSSR count). The van der Waals surface area contributed by atoms with Crippen LogP contribution in [0.3, 0.4) is 0 Å². The van der Waals surface area contributed by atoms with E-state index in [0.717, 1.165) is 4.88 Å². The standard InChI is InChI=1S/C16H18N4O4S3/c1-3-15-19-16(20-24-15)12-7-13(10(2)26-12)27(22,23)18-9-14(21)17-8-11-5-4-6-25-11/h4-7,18H,3,8-9H2,1-2H3,(H,17,21). The van der Waals surface area contributed by atoms with E-state index in [1.165, 1.54) is 28.7 Å². The summed E-state index contributed by atoms with van der Waals surface area (Å²) in [6, 6.07) is 5.28. The van der Waals surface area contributed by atoms with Crippen LogP contribution in [0.25, 0.3) is 10.7 Å². The summed E-state index contributed by atoms with van der Waals surface area (Å²) in [6.07, 6.45) is 0.602. The van der Waals surface area contributed by atoms with Crippen LogP contribution in [0.1, 0.15) is 22.6 Å². The van der Waals surface area contributed by atoms with Gasteiger partial charge < -0.3 is 9.84 Å². The molecule has 0 aliphatic heterocycles. The molecule has 0 aromatic carbocycles. The fourth-order valence-electron chi connectivity index (χ4n) is 2.24. The molecule has 0 radical (unpaired) electrons. The number of thiophene rings is 2. The maximum absolute atomic E-state index is 12.5. The minimum absolute atomic E-state index is 0.108. The number of carbonyl (C=O) groups excluding carboxylic acids is 1. The number of aryl methyl sites for hydroxylation is 2. The van der Waals surface area contributed by atoms with Gasteiger partial charge in [0.1, 0.15) is 0 Å². The van der Waals surface area contributed by atoms with Crippen molar-refractivity contribution in [1.29, 1.82) is 0 Å². The van der Waals surface area contributed by atoms with E-state index >= 15 is 0 Å². The van der Waals surface area contributed by atoms with Gasteiger partial charge in [-0.15, -0.1) is 22.7 Å². The smallest absolute Gasteiger partial charge is 0.242 e. The Morgan fingerprint density at radius 3 is 2.85 bits per heavy atom. The molecule has 0 saturated carbocycles. The van der Waals surface area contributed by atoms with E-state index in [2.05, 4.69) is 20.2 Å². The van der Waals surface area contributed by atoms with Gasteiger partial charge in [-0.1, -0.05) is 18.1 Å². The minimum Gasteiger partial charge on any atom is -0.350 e. The SMILES string of the molecule is CCc1nc(-c2cc(S(=O)(=O)NCC(=O)NCc3cccs3)c(C)s2)no1. The summed E-state index contributed by atoms with van der Waals surface area (Å²) < 4.78 is 32.5. The zero-order chi connectivity index (χ0) is 19.4. The number of carbonyl (C=O) groups is 1. The Morgan fingerprint density at radius 1 is 1.37 bits per heavy atom. The molecule has 1 amide bonds.